The standard InChI is InChI=1S/C14H16FN3O/c1-19-13-3-2-6-17-14(13)18-9-11-5-4-10(8-16)7-12(11)15/h2-7H,8-9,16H2,1H3,(H,17,18). The van der Waals surface area contributed by atoms with Gasteiger partial charge in [-0.15, -0.1) is 0 Å². The molecule has 0 saturated heterocycles. The minimum absolute atomic E-state index is 0.273. The molecular formula is C14H16FN3O. The molecule has 0 atom stereocenters. The van der Waals surface area contributed by atoms with Crippen LogP contribution in [0, 0.1) is 5.82 Å². The molecule has 0 aliphatic carbocycles. The Hall–Kier alpha value is -2.14. The summed E-state index contributed by atoms with van der Waals surface area (Å²) in [7, 11) is 1.57. The number of pyridine rings is 1. The topological polar surface area (TPSA) is 60.2 Å². The molecule has 0 fully saturated rings. The van der Waals surface area contributed by atoms with Crippen LogP contribution in [-0.2, 0) is 13.1 Å². The van der Waals surface area contributed by atoms with E-state index in [2.05, 4.69) is 10.3 Å². The second-order valence-corrected chi connectivity index (χ2v) is 4.04. The van der Waals surface area contributed by atoms with Crippen molar-refractivity contribution in [3.63, 3.8) is 0 Å². The number of methoxy groups -OCH3 is 1. The maximum absolute atomic E-state index is 13.8. The number of rotatable bonds is 5. The Bertz CT molecular complexity index is 560. The van der Waals surface area contributed by atoms with Crippen LogP contribution < -0.4 is 15.8 Å². The van der Waals surface area contributed by atoms with E-state index >= 15 is 0 Å². The zero-order valence-electron chi connectivity index (χ0n) is 10.7. The Labute approximate surface area is 111 Å². The van der Waals surface area contributed by atoms with E-state index in [1.807, 2.05) is 6.07 Å². The first-order valence-corrected chi connectivity index (χ1v) is 5.95. The number of nitrogens with one attached hydrogen (secondary N) is 1. The summed E-state index contributed by atoms with van der Waals surface area (Å²) in [6, 6.07) is 8.56. The van der Waals surface area contributed by atoms with Gasteiger partial charge >= 0.3 is 0 Å². The van der Waals surface area contributed by atoms with Crippen molar-refractivity contribution in [1.82, 2.24) is 4.98 Å². The predicted molar refractivity (Wildman–Crippen MR) is 72.4 cm³/mol. The molecule has 0 spiro atoms. The number of benzene rings is 1. The fourth-order valence-electron chi connectivity index (χ4n) is 1.73. The highest BCUT2D eigenvalue weighted by atomic mass is 19.1. The summed E-state index contributed by atoms with van der Waals surface area (Å²) in [5.41, 5.74) is 6.80. The van der Waals surface area contributed by atoms with Gasteiger partial charge in [-0.2, -0.15) is 0 Å². The lowest BCUT2D eigenvalue weighted by Crippen LogP contribution is -2.06. The highest BCUT2D eigenvalue weighted by Gasteiger charge is 2.06. The lowest BCUT2D eigenvalue weighted by molar-refractivity contribution is 0.414. The zero-order valence-corrected chi connectivity index (χ0v) is 10.7. The fourth-order valence-corrected chi connectivity index (χ4v) is 1.73. The lowest BCUT2D eigenvalue weighted by Gasteiger charge is -2.10. The van der Waals surface area contributed by atoms with Crippen molar-refractivity contribution >= 4 is 5.82 Å². The largest absolute Gasteiger partial charge is 0.493 e. The summed E-state index contributed by atoms with van der Waals surface area (Å²) < 4.78 is 18.9. The summed E-state index contributed by atoms with van der Waals surface area (Å²) in [5.74, 6) is 0.944. The second kappa shape index (κ2) is 6.15. The van der Waals surface area contributed by atoms with Crippen molar-refractivity contribution in [2.75, 3.05) is 12.4 Å². The number of hydrogen-bond donors (Lipinski definition) is 2. The molecule has 0 amide bonds. The lowest BCUT2D eigenvalue weighted by atomic mass is 10.1. The molecule has 1 aromatic heterocycles. The van der Waals surface area contributed by atoms with Gasteiger partial charge in [-0.3, -0.25) is 0 Å². The molecule has 2 rings (SSSR count). The van der Waals surface area contributed by atoms with Crippen LogP contribution in [0.15, 0.2) is 36.5 Å². The van der Waals surface area contributed by atoms with E-state index in [0.29, 0.717) is 30.2 Å². The van der Waals surface area contributed by atoms with Gasteiger partial charge in [-0.25, -0.2) is 9.37 Å². The van der Waals surface area contributed by atoms with Crippen LogP contribution in [0.2, 0.25) is 0 Å². The quantitative estimate of drug-likeness (QED) is 0.867. The van der Waals surface area contributed by atoms with E-state index in [1.54, 1.807) is 31.5 Å². The second-order valence-electron chi connectivity index (χ2n) is 4.04. The van der Waals surface area contributed by atoms with Crippen molar-refractivity contribution < 1.29 is 9.13 Å². The summed E-state index contributed by atoms with van der Waals surface area (Å²) in [6.45, 7) is 0.669. The van der Waals surface area contributed by atoms with Gasteiger partial charge in [0.05, 0.1) is 7.11 Å². The molecule has 5 heteroatoms. The maximum Gasteiger partial charge on any atom is 0.169 e. The van der Waals surface area contributed by atoms with Crippen LogP contribution in [0.5, 0.6) is 5.75 Å². The van der Waals surface area contributed by atoms with Gasteiger partial charge in [0.1, 0.15) is 5.82 Å². The highest BCUT2D eigenvalue weighted by molar-refractivity contribution is 5.49. The first kappa shape index (κ1) is 13.3. The summed E-state index contributed by atoms with van der Waals surface area (Å²) in [4.78, 5) is 4.15. The number of hydrogen-bond acceptors (Lipinski definition) is 4. The van der Waals surface area contributed by atoms with Crippen molar-refractivity contribution in [3.8, 4) is 5.75 Å². The summed E-state index contributed by atoms with van der Waals surface area (Å²) >= 11 is 0. The minimum Gasteiger partial charge on any atom is -0.493 e. The number of nitrogens with two attached hydrogens (primary N) is 1. The molecule has 1 heterocycles. The molecule has 3 N–H and O–H groups in total. The van der Waals surface area contributed by atoms with E-state index in [0.717, 1.165) is 5.56 Å². The molecule has 19 heavy (non-hydrogen) atoms. The Morgan fingerprint density at radius 1 is 1.37 bits per heavy atom. The summed E-state index contributed by atoms with van der Waals surface area (Å²) in [5, 5.41) is 3.05. The molecule has 1 aromatic carbocycles. The molecule has 0 radical (unpaired) electrons. The normalized spacial score (nSPS) is 10.3. The number of anilines is 1. The Morgan fingerprint density at radius 2 is 2.21 bits per heavy atom. The Kier molecular flexibility index (Phi) is 4.30. The van der Waals surface area contributed by atoms with E-state index in [-0.39, 0.29) is 5.82 Å². The van der Waals surface area contributed by atoms with E-state index in [4.69, 9.17) is 10.5 Å². The van der Waals surface area contributed by atoms with Crippen molar-refractivity contribution in [2.45, 2.75) is 13.1 Å². The third-order valence-electron chi connectivity index (χ3n) is 2.79. The SMILES string of the molecule is COc1cccnc1NCc1ccc(CN)cc1F. The monoisotopic (exact) mass is 261 g/mol. The van der Waals surface area contributed by atoms with Crippen molar-refractivity contribution in [3.05, 3.63) is 53.5 Å². The molecule has 4 nitrogen and oxygen atoms in total. The minimum atomic E-state index is -0.273. The maximum atomic E-state index is 13.8. The molecule has 0 aliphatic rings. The van der Waals surface area contributed by atoms with Crippen LogP contribution >= 0.6 is 0 Å². The van der Waals surface area contributed by atoms with E-state index in [9.17, 15) is 4.39 Å². The molecule has 0 bridgehead atoms. The number of halogens is 1. The van der Waals surface area contributed by atoms with Crippen LogP contribution in [0.4, 0.5) is 10.2 Å². The zero-order chi connectivity index (χ0) is 13.7. The van der Waals surface area contributed by atoms with Crippen LogP contribution in [0.1, 0.15) is 11.1 Å². The van der Waals surface area contributed by atoms with Gasteiger partial charge in [0.2, 0.25) is 0 Å². The molecule has 0 aliphatic heterocycles. The van der Waals surface area contributed by atoms with E-state index < -0.39 is 0 Å². The smallest absolute Gasteiger partial charge is 0.169 e. The molecule has 2 aromatic rings. The van der Waals surface area contributed by atoms with Crippen LogP contribution in [0.3, 0.4) is 0 Å². The number of nitrogens with zero attached hydrogens (tertiary/aromatic N) is 1. The molecular weight excluding hydrogens is 245 g/mol. The Morgan fingerprint density at radius 3 is 2.89 bits per heavy atom. The first-order chi connectivity index (χ1) is 9.24. The third kappa shape index (κ3) is 3.20. The van der Waals surface area contributed by atoms with Crippen molar-refractivity contribution in [1.29, 1.82) is 0 Å². The van der Waals surface area contributed by atoms with Gasteiger partial charge < -0.3 is 15.8 Å². The molecule has 100 valence electrons. The molecule has 0 unspecified atom stereocenters. The van der Waals surface area contributed by atoms with Gasteiger partial charge in [-0.05, 0) is 23.8 Å². The van der Waals surface area contributed by atoms with Crippen molar-refractivity contribution in [2.24, 2.45) is 5.73 Å². The highest BCUT2D eigenvalue weighted by Crippen LogP contribution is 2.21. The average Bonchev–Trinajstić information content (AvgIpc) is 2.46. The Balaban J connectivity index is 2.10. The summed E-state index contributed by atoms with van der Waals surface area (Å²) in [6.07, 6.45) is 1.65. The van der Waals surface area contributed by atoms with Crippen LogP contribution in [0.25, 0.3) is 0 Å². The van der Waals surface area contributed by atoms with Gasteiger partial charge in [0.15, 0.2) is 11.6 Å². The van der Waals surface area contributed by atoms with Gasteiger partial charge in [0.25, 0.3) is 0 Å². The van der Waals surface area contributed by atoms with Crippen LogP contribution in [-0.4, -0.2) is 12.1 Å². The average molecular weight is 261 g/mol. The first-order valence-electron chi connectivity index (χ1n) is 5.95. The fraction of sp³-hybridized carbons (Fsp3) is 0.214. The van der Waals surface area contributed by atoms with E-state index in [1.165, 1.54) is 6.07 Å². The van der Waals surface area contributed by atoms with Gasteiger partial charge in [0, 0.05) is 24.8 Å². The number of aromatic nitrogens is 1. The van der Waals surface area contributed by atoms with Gasteiger partial charge in [-0.1, -0.05) is 12.1 Å². The predicted octanol–water partition coefficient (Wildman–Crippen LogP) is 2.30. The molecule has 0 saturated carbocycles. The third-order valence-corrected chi connectivity index (χ3v) is 2.79. The number of ether oxygens (including phenoxy) is 1.